The highest BCUT2D eigenvalue weighted by Crippen LogP contribution is 2.35. The Morgan fingerprint density at radius 1 is 1.21 bits per heavy atom. The summed E-state index contributed by atoms with van der Waals surface area (Å²) < 4.78 is 46.5. The van der Waals surface area contributed by atoms with Gasteiger partial charge < -0.3 is 14.8 Å². The van der Waals surface area contributed by atoms with Gasteiger partial charge in [-0.25, -0.2) is 0 Å². The normalized spacial score (nSPS) is 12.1. The Hall–Kier alpha value is -2.03. The molecule has 1 aromatic rings. The first kappa shape index (κ1) is 20.0. The third-order valence-corrected chi connectivity index (χ3v) is 2.92. The summed E-state index contributed by atoms with van der Waals surface area (Å²) in [6.07, 6.45) is -4.55. The average Bonchev–Trinajstić information content (AvgIpc) is 2.42. The number of rotatable bonds is 7. The van der Waals surface area contributed by atoms with E-state index in [1.54, 1.807) is 0 Å². The van der Waals surface area contributed by atoms with Crippen LogP contribution in [-0.2, 0) is 6.54 Å². The number of benzene rings is 1. The predicted octanol–water partition coefficient (Wildman–Crippen LogP) is 3.68. The van der Waals surface area contributed by atoms with Gasteiger partial charge in [-0.1, -0.05) is 20.8 Å². The van der Waals surface area contributed by atoms with Gasteiger partial charge in [0, 0.05) is 18.7 Å². The van der Waals surface area contributed by atoms with Crippen LogP contribution in [0.4, 0.5) is 18.9 Å². The van der Waals surface area contributed by atoms with Gasteiger partial charge >= 0.3 is 6.18 Å². The maximum atomic E-state index is 12.3. The first-order valence-electron chi connectivity index (χ1n) is 7.18. The lowest BCUT2D eigenvalue weighted by molar-refractivity contribution is -0.385. The molecule has 0 aliphatic carbocycles. The molecule has 0 radical (unpaired) electrons. The van der Waals surface area contributed by atoms with E-state index in [-0.39, 0.29) is 29.1 Å². The number of halogens is 3. The molecule has 0 atom stereocenters. The summed E-state index contributed by atoms with van der Waals surface area (Å²) >= 11 is 0. The lowest BCUT2D eigenvalue weighted by atomic mass is 9.97. The molecule has 136 valence electrons. The molecule has 0 heterocycles. The van der Waals surface area contributed by atoms with Crippen LogP contribution in [0.3, 0.4) is 0 Å². The van der Waals surface area contributed by atoms with Crippen molar-refractivity contribution in [2.45, 2.75) is 33.5 Å². The molecule has 0 fully saturated rings. The average molecular weight is 350 g/mol. The van der Waals surface area contributed by atoms with Crippen molar-refractivity contribution in [1.82, 2.24) is 5.32 Å². The molecule has 0 aromatic heterocycles. The van der Waals surface area contributed by atoms with Crippen molar-refractivity contribution in [3.05, 3.63) is 27.8 Å². The summed E-state index contributed by atoms with van der Waals surface area (Å²) in [6.45, 7) is 5.25. The predicted molar refractivity (Wildman–Crippen MR) is 82.4 cm³/mol. The second-order valence-corrected chi connectivity index (χ2v) is 6.46. The maximum absolute atomic E-state index is 12.3. The molecule has 1 aromatic carbocycles. The molecule has 0 saturated carbocycles. The quantitative estimate of drug-likeness (QED) is 0.600. The van der Waals surface area contributed by atoms with E-state index in [1.807, 2.05) is 20.8 Å². The van der Waals surface area contributed by atoms with E-state index < -0.39 is 17.7 Å². The van der Waals surface area contributed by atoms with Crippen molar-refractivity contribution < 1.29 is 27.6 Å². The van der Waals surface area contributed by atoms with Gasteiger partial charge in [-0.05, 0) is 11.5 Å². The molecular weight excluding hydrogens is 329 g/mol. The fourth-order valence-electron chi connectivity index (χ4n) is 1.91. The minimum atomic E-state index is -4.55. The van der Waals surface area contributed by atoms with Crippen LogP contribution in [0.5, 0.6) is 11.5 Å². The molecule has 0 unspecified atom stereocenters. The Kier molecular flexibility index (Phi) is 6.42. The van der Waals surface area contributed by atoms with Crippen LogP contribution < -0.4 is 14.8 Å². The van der Waals surface area contributed by atoms with Gasteiger partial charge in [0.1, 0.15) is 0 Å². The summed E-state index contributed by atoms with van der Waals surface area (Å²) in [6, 6.07) is 2.28. The van der Waals surface area contributed by atoms with Gasteiger partial charge in [-0.3, -0.25) is 10.1 Å². The van der Waals surface area contributed by atoms with Gasteiger partial charge in [0.05, 0.1) is 18.1 Å². The fraction of sp³-hybridized carbons (Fsp3) is 0.600. The van der Waals surface area contributed by atoms with Crippen LogP contribution in [-0.4, -0.2) is 31.4 Å². The Morgan fingerprint density at radius 3 is 2.29 bits per heavy atom. The first-order chi connectivity index (χ1) is 10.9. The number of hydrogen-bond donors (Lipinski definition) is 1. The summed E-state index contributed by atoms with van der Waals surface area (Å²) in [5.41, 5.74) is -0.0379. The molecule has 0 bridgehead atoms. The topological polar surface area (TPSA) is 73.6 Å². The zero-order valence-corrected chi connectivity index (χ0v) is 14.0. The summed E-state index contributed by atoms with van der Waals surface area (Å²) in [4.78, 5) is 10.5. The van der Waals surface area contributed by atoms with E-state index in [9.17, 15) is 23.3 Å². The summed E-state index contributed by atoms with van der Waals surface area (Å²) in [5, 5.41) is 14.3. The van der Waals surface area contributed by atoms with Gasteiger partial charge in [0.15, 0.2) is 18.1 Å². The summed E-state index contributed by atoms with van der Waals surface area (Å²) in [5.74, 6) is -0.307. The highest BCUT2D eigenvalue weighted by Gasteiger charge is 2.30. The first-order valence-corrected chi connectivity index (χ1v) is 7.18. The lowest BCUT2D eigenvalue weighted by Crippen LogP contribution is -2.26. The Labute approximate surface area is 138 Å². The largest absolute Gasteiger partial charge is 0.493 e. The van der Waals surface area contributed by atoms with E-state index in [4.69, 9.17) is 4.74 Å². The monoisotopic (exact) mass is 350 g/mol. The molecule has 0 aliphatic heterocycles. The van der Waals surface area contributed by atoms with Crippen LogP contribution in [0.15, 0.2) is 12.1 Å². The number of hydrogen-bond acceptors (Lipinski definition) is 5. The number of nitro groups is 1. The van der Waals surface area contributed by atoms with Gasteiger partial charge in [-0.15, -0.1) is 0 Å². The number of alkyl halides is 3. The molecular formula is C15H21F3N2O4. The fourth-order valence-corrected chi connectivity index (χ4v) is 1.91. The van der Waals surface area contributed by atoms with Crippen molar-refractivity contribution in [3.8, 4) is 11.5 Å². The number of nitrogens with one attached hydrogen (secondary N) is 1. The maximum Gasteiger partial charge on any atom is 0.422 e. The second-order valence-electron chi connectivity index (χ2n) is 6.46. The lowest BCUT2D eigenvalue weighted by Gasteiger charge is -2.19. The van der Waals surface area contributed by atoms with Gasteiger partial charge in [0.25, 0.3) is 5.69 Å². The zero-order valence-electron chi connectivity index (χ0n) is 14.0. The highest BCUT2D eigenvalue weighted by molar-refractivity contribution is 5.54. The van der Waals surface area contributed by atoms with Crippen molar-refractivity contribution in [3.63, 3.8) is 0 Å². The van der Waals surface area contributed by atoms with Gasteiger partial charge in [0.2, 0.25) is 0 Å². The van der Waals surface area contributed by atoms with Crippen molar-refractivity contribution >= 4 is 5.69 Å². The minimum Gasteiger partial charge on any atom is -0.493 e. The Balaban J connectivity index is 3.05. The van der Waals surface area contributed by atoms with Crippen LogP contribution in [0.25, 0.3) is 0 Å². The standard InChI is InChI=1S/C15H21F3N2O4/c1-14(2,3)8-19-7-10-5-12(23-4)13(6-11(10)20(21)22)24-9-15(16,17)18/h5-6,19H,7-9H2,1-4H3. The third-order valence-electron chi connectivity index (χ3n) is 2.92. The zero-order chi connectivity index (χ0) is 18.5. The van der Waals surface area contributed by atoms with Gasteiger partial charge in [-0.2, -0.15) is 13.2 Å². The Bertz CT molecular complexity index is 583. The Morgan fingerprint density at radius 2 is 1.83 bits per heavy atom. The number of ether oxygens (including phenoxy) is 2. The van der Waals surface area contributed by atoms with E-state index in [2.05, 4.69) is 10.1 Å². The van der Waals surface area contributed by atoms with Crippen LogP contribution in [0, 0.1) is 15.5 Å². The van der Waals surface area contributed by atoms with Crippen LogP contribution in [0.2, 0.25) is 0 Å². The molecule has 0 saturated heterocycles. The molecule has 24 heavy (non-hydrogen) atoms. The smallest absolute Gasteiger partial charge is 0.422 e. The number of methoxy groups -OCH3 is 1. The van der Waals surface area contributed by atoms with E-state index >= 15 is 0 Å². The SMILES string of the molecule is COc1cc(CNCC(C)(C)C)c([N+](=O)[O-])cc1OCC(F)(F)F. The van der Waals surface area contributed by atoms with Crippen LogP contribution >= 0.6 is 0 Å². The molecule has 1 N–H and O–H groups in total. The number of nitrogens with zero attached hydrogens (tertiary/aromatic N) is 1. The minimum absolute atomic E-state index is 0.0115. The van der Waals surface area contributed by atoms with E-state index in [0.717, 1.165) is 6.07 Å². The molecule has 9 heteroatoms. The second kappa shape index (κ2) is 7.69. The van der Waals surface area contributed by atoms with Crippen molar-refractivity contribution in [1.29, 1.82) is 0 Å². The number of nitro benzene ring substituents is 1. The molecule has 6 nitrogen and oxygen atoms in total. The van der Waals surface area contributed by atoms with E-state index in [1.165, 1.54) is 13.2 Å². The van der Waals surface area contributed by atoms with Crippen molar-refractivity contribution in [2.24, 2.45) is 5.41 Å². The van der Waals surface area contributed by atoms with Crippen LogP contribution in [0.1, 0.15) is 26.3 Å². The molecule has 0 aliphatic rings. The van der Waals surface area contributed by atoms with E-state index in [0.29, 0.717) is 12.1 Å². The molecule has 0 spiro atoms. The molecule has 1 rings (SSSR count). The summed E-state index contributed by atoms with van der Waals surface area (Å²) in [7, 11) is 1.26. The van der Waals surface area contributed by atoms with Crippen molar-refractivity contribution in [2.75, 3.05) is 20.3 Å². The molecule has 0 amide bonds. The highest BCUT2D eigenvalue weighted by atomic mass is 19.4. The third kappa shape index (κ3) is 6.61.